The molecule has 8 aromatic carbocycles. The van der Waals surface area contributed by atoms with Gasteiger partial charge in [-0.25, -0.2) is 9.97 Å². The number of anilines is 3. The Morgan fingerprint density at radius 2 is 0.963 bits per heavy atom. The molecule has 0 bridgehead atoms. The Kier molecular flexibility index (Phi) is 7.77. The van der Waals surface area contributed by atoms with Crippen molar-refractivity contribution in [1.82, 2.24) is 9.97 Å². The molecule has 0 N–H and O–H groups in total. The zero-order chi connectivity index (χ0) is 35.8. The fourth-order valence-electron chi connectivity index (χ4n) is 7.49. The van der Waals surface area contributed by atoms with Crippen molar-refractivity contribution in [2.45, 2.75) is 0 Å². The van der Waals surface area contributed by atoms with Crippen molar-refractivity contribution in [3.63, 3.8) is 0 Å². The van der Waals surface area contributed by atoms with Gasteiger partial charge in [0.2, 0.25) is 0 Å². The van der Waals surface area contributed by atoms with Crippen molar-refractivity contribution < 1.29 is 4.42 Å². The number of fused-ring (bicyclic) bond motifs is 4. The van der Waals surface area contributed by atoms with Crippen LogP contribution in [0.3, 0.4) is 0 Å². The van der Waals surface area contributed by atoms with E-state index in [1.807, 2.05) is 48.5 Å². The zero-order valence-electron chi connectivity index (χ0n) is 29.3. The predicted octanol–water partition coefficient (Wildman–Crippen LogP) is 13.7. The molecule has 0 spiro atoms. The largest absolute Gasteiger partial charge is 0.456 e. The van der Waals surface area contributed by atoms with E-state index in [1.165, 1.54) is 11.1 Å². The molecule has 0 aliphatic heterocycles. The van der Waals surface area contributed by atoms with Gasteiger partial charge in [0.05, 0.1) is 11.2 Å². The molecule has 10 rings (SSSR count). The van der Waals surface area contributed by atoms with Crippen LogP contribution < -0.4 is 4.90 Å². The van der Waals surface area contributed by atoms with Crippen molar-refractivity contribution in [2.75, 3.05) is 4.90 Å². The lowest BCUT2D eigenvalue weighted by molar-refractivity contribution is 0.669. The van der Waals surface area contributed by atoms with Gasteiger partial charge in [0.25, 0.3) is 0 Å². The summed E-state index contributed by atoms with van der Waals surface area (Å²) in [4.78, 5) is 12.6. The molecule has 10 aromatic rings. The van der Waals surface area contributed by atoms with Crippen LogP contribution in [0, 0.1) is 0 Å². The number of nitrogens with zero attached hydrogens (tertiary/aromatic N) is 3. The third kappa shape index (κ3) is 5.67. The van der Waals surface area contributed by atoms with Crippen LogP contribution >= 0.6 is 0 Å². The smallest absolute Gasteiger partial charge is 0.161 e. The Hall–Kier alpha value is -7.30. The van der Waals surface area contributed by atoms with Crippen molar-refractivity contribution in [2.24, 2.45) is 0 Å². The van der Waals surface area contributed by atoms with Gasteiger partial charge in [0, 0.05) is 44.3 Å². The first kappa shape index (κ1) is 31.4. The second kappa shape index (κ2) is 13.4. The quantitative estimate of drug-likeness (QED) is 0.167. The summed E-state index contributed by atoms with van der Waals surface area (Å²) in [6.07, 6.45) is 0. The highest BCUT2D eigenvalue weighted by Gasteiger charge is 2.19. The van der Waals surface area contributed by atoms with E-state index in [0.29, 0.717) is 5.82 Å². The number of hydrogen-bond donors (Lipinski definition) is 0. The summed E-state index contributed by atoms with van der Waals surface area (Å²) >= 11 is 0. The number of furan rings is 1. The van der Waals surface area contributed by atoms with Gasteiger partial charge in [-0.15, -0.1) is 0 Å². The molecule has 0 aliphatic rings. The predicted molar refractivity (Wildman–Crippen MR) is 223 cm³/mol. The summed E-state index contributed by atoms with van der Waals surface area (Å²) in [5, 5.41) is 3.07. The van der Waals surface area contributed by atoms with Crippen LogP contribution in [0.15, 0.2) is 205 Å². The second-order valence-corrected chi connectivity index (χ2v) is 13.4. The highest BCUT2D eigenvalue weighted by atomic mass is 16.3. The SMILES string of the molecule is c1ccc(-c2ccc(N(c3ccccc3)c3cccc(-c4ccc5c(c4)oc4cccc(-c6nc(-c7ccccc7)c7ccccc7n6)c45)c3)cc2)cc1. The number of rotatable bonds is 7. The van der Waals surface area contributed by atoms with E-state index >= 15 is 0 Å². The highest BCUT2D eigenvalue weighted by Crippen LogP contribution is 2.41. The molecule has 54 heavy (non-hydrogen) atoms. The average Bonchev–Trinajstić information content (AvgIpc) is 3.63. The summed E-state index contributed by atoms with van der Waals surface area (Å²) in [6, 6.07) is 69.7. The number of hydrogen-bond acceptors (Lipinski definition) is 4. The van der Waals surface area contributed by atoms with Gasteiger partial charge >= 0.3 is 0 Å². The molecule has 0 saturated heterocycles. The minimum atomic E-state index is 0.676. The van der Waals surface area contributed by atoms with Crippen LogP contribution in [0.5, 0.6) is 0 Å². The van der Waals surface area contributed by atoms with E-state index in [-0.39, 0.29) is 0 Å². The molecule has 0 radical (unpaired) electrons. The van der Waals surface area contributed by atoms with E-state index in [4.69, 9.17) is 14.4 Å². The van der Waals surface area contributed by atoms with Gasteiger partial charge < -0.3 is 9.32 Å². The van der Waals surface area contributed by atoms with Gasteiger partial charge in [-0.05, 0) is 82.9 Å². The van der Waals surface area contributed by atoms with Crippen LogP contribution in [0.2, 0.25) is 0 Å². The molecule has 0 fully saturated rings. The van der Waals surface area contributed by atoms with Crippen molar-refractivity contribution in [3.05, 3.63) is 200 Å². The monoisotopic (exact) mass is 691 g/mol. The zero-order valence-corrected chi connectivity index (χ0v) is 29.3. The molecule has 4 heteroatoms. The van der Waals surface area contributed by atoms with E-state index in [0.717, 1.165) is 77.9 Å². The second-order valence-electron chi connectivity index (χ2n) is 13.4. The molecular formula is C50H33N3O. The molecule has 0 atom stereocenters. The van der Waals surface area contributed by atoms with Gasteiger partial charge in [0.15, 0.2) is 5.82 Å². The third-order valence-electron chi connectivity index (χ3n) is 10.1. The average molecular weight is 692 g/mol. The van der Waals surface area contributed by atoms with Crippen LogP contribution in [0.25, 0.3) is 77.7 Å². The summed E-state index contributed by atoms with van der Waals surface area (Å²) in [7, 11) is 0. The minimum Gasteiger partial charge on any atom is -0.456 e. The Bertz CT molecular complexity index is 2920. The van der Waals surface area contributed by atoms with Crippen molar-refractivity contribution in [1.29, 1.82) is 0 Å². The van der Waals surface area contributed by atoms with Gasteiger partial charge in [-0.1, -0.05) is 140 Å². The molecule has 2 heterocycles. The Balaban J connectivity index is 1.05. The first-order valence-corrected chi connectivity index (χ1v) is 18.2. The van der Waals surface area contributed by atoms with E-state index in [9.17, 15) is 0 Å². The number of para-hydroxylation sites is 2. The highest BCUT2D eigenvalue weighted by molar-refractivity contribution is 6.13. The molecule has 0 unspecified atom stereocenters. The first-order chi connectivity index (χ1) is 26.8. The topological polar surface area (TPSA) is 42.2 Å². The molecular weight excluding hydrogens is 659 g/mol. The lowest BCUT2D eigenvalue weighted by Crippen LogP contribution is -2.09. The lowest BCUT2D eigenvalue weighted by atomic mass is 10.00. The first-order valence-electron chi connectivity index (χ1n) is 18.2. The van der Waals surface area contributed by atoms with Crippen LogP contribution in [-0.2, 0) is 0 Å². The van der Waals surface area contributed by atoms with Gasteiger partial charge in [-0.3, -0.25) is 0 Å². The molecule has 2 aromatic heterocycles. The summed E-state index contributed by atoms with van der Waals surface area (Å²) in [5.74, 6) is 0.676. The van der Waals surface area contributed by atoms with Crippen LogP contribution in [0.4, 0.5) is 17.1 Å². The van der Waals surface area contributed by atoms with E-state index in [2.05, 4.69) is 157 Å². The Morgan fingerprint density at radius 1 is 0.370 bits per heavy atom. The summed E-state index contributed by atoms with van der Waals surface area (Å²) in [6.45, 7) is 0. The maximum absolute atomic E-state index is 6.58. The van der Waals surface area contributed by atoms with E-state index < -0.39 is 0 Å². The molecule has 254 valence electrons. The Labute approximate surface area is 313 Å². The van der Waals surface area contributed by atoms with Gasteiger partial charge in [0.1, 0.15) is 11.2 Å². The number of benzene rings is 8. The molecule has 0 aliphatic carbocycles. The third-order valence-corrected chi connectivity index (χ3v) is 10.1. The van der Waals surface area contributed by atoms with E-state index in [1.54, 1.807) is 0 Å². The van der Waals surface area contributed by atoms with Gasteiger partial charge in [-0.2, -0.15) is 0 Å². The summed E-state index contributed by atoms with van der Waals surface area (Å²) in [5.41, 5.74) is 13.3. The molecule has 0 amide bonds. The maximum Gasteiger partial charge on any atom is 0.161 e. The molecule has 0 saturated carbocycles. The van der Waals surface area contributed by atoms with Crippen LogP contribution in [-0.4, -0.2) is 9.97 Å². The van der Waals surface area contributed by atoms with Crippen molar-refractivity contribution in [3.8, 4) is 44.9 Å². The molecule has 4 nitrogen and oxygen atoms in total. The number of aromatic nitrogens is 2. The normalized spacial score (nSPS) is 11.3. The standard InChI is InChI=1S/C50H33N3O/c1-4-14-34(15-5-1)35-26-29-40(30-27-35)53(39-19-8-3-9-20-39)41-21-12-18-37(32-41)38-28-31-43-47(33-38)54-46-25-13-23-44(48(43)46)50-51-45-24-11-10-22-42(45)49(52-50)36-16-6-2-7-17-36/h1-33H. The van der Waals surface area contributed by atoms with Crippen molar-refractivity contribution >= 4 is 49.9 Å². The van der Waals surface area contributed by atoms with Crippen LogP contribution in [0.1, 0.15) is 0 Å². The fourth-order valence-corrected chi connectivity index (χ4v) is 7.49. The fraction of sp³-hybridized carbons (Fsp3) is 0. The minimum absolute atomic E-state index is 0.676. The Morgan fingerprint density at radius 3 is 1.76 bits per heavy atom. The lowest BCUT2D eigenvalue weighted by Gasteiger charge is -2.26. The summed E-state index contributed by atoms with van der Waals surface area (Å²) < 4.78 is 6.58. The maximum atomic E-state index is 6.58.